The van der Waals surface area contributed by atoms with Crippen molar-refractivity contribution < 1.29 is 9.59 Å². The van der Waals surface area contributed by atoms with Gasteiger partial charge in [-0.2, -0.15) is 0 Å². The van der Waals surface area contributed by atoms with Gasteiger partial charge in [-0.1, -0.05) is 35.0 Å². The van der Waals surface area contributed by atoms with Crippen LogP contribution in [0.4, 0.5) is 11.4 Å². The number of piperazine rings is 1. The molecule has 164 valence electrons. The number of likely N-dealkylation sites (N-methyl/N-ethyl adjacent to an activating group) is 1. The van der Waals surface area contributed by atoms with Gasteiger partial charge in [-0.25, -0.2) is 0 Å². The van der Waals surface area contributed by atoms with Gasteiger partial charge >= 0.3 is 0 Å². The highest BCUT2D eigenvalue weighted by Crippen LogP contribution is 2.30. The molecule has 4 rings (SSSR count). The summed E-state index contributed by atoms with van der Waals surface area (Å²) in [5.41, 5.74) is 3.91. The fraction of sp³-hybridized carbons (Fsp3) is 0.417. The van der Waals surface area contributed by atoms with Crippen molar-refractivity contribution >= 4 is 39.1 Å². The second kappa shape index (κ2) is 9.94. The average molecular weight is 485 g/mol. The molecular formula is C24H29BrN4O2. The zero-order valence-electron chi connectivity index (χ0n) is 17.9. The monoisotopic (exact) mass is 484 g/mol. The zero-order chi connectivity index (χ0) is 21.8. The lowest BCUT2D eigenvalue weighted by atomic mass is 10.0. The topological polar surface area (TPSA) is 55.9 Å². The lowest BCUT2D eigenvalue weighted by Crippen LogP contribution is -2.45. The Hall–Kier alpha value is -2.22. The van der Waals surface area contributed by atoms with Gasteiger partial charge in [0.05, 0.1) is 0 Å². The van der Waals surface area contributed by atoms with Crippen LogP contribution in [0.5, 0.6) is 0 Å². The van der Waals surface area contributed by atoms with Crippen LogP contribution in [0, 0.1) is 0 Å². The molecule has 2 aromatic carbocycles. The van der Waals surface area contributed by atoms with Gasteiger partial charge in [0.15, 0.2) is 0 Å². The van der Waals surface area contributed by atoms with Crippen molar-refractivity contribution in [2.45, 2.75) is 26.3 Å². The number of carbonyl (C=O) groups excluding carboxylic acids is 2. The highest BCUT2D eigenvalue weighted by atomic mass is 79.9. The number of amides is 2. The summed E-state index contributed by atoms with van der Waals surface area (Å²) in [6, 6.07) is 13.9. The summed E-state index contributed by atoms with van der Waals surface area (Å²) in [6.45, 7) is 8.72. The van der Waals surface area contributed by atoms with Gasteiger partial charge in [0.2, 0.25) is 11.8 Å². The Kier molecular flexibility index (Phi) is 7.05. The standard InChI is InChI=1S/C24H29BrN4O2/c1-2-27-11-13-28(14-12-27)16-18-3-7-21(8-4-18)26-23(30)17-29-22-9-6-20(25)15-19(22)5-10-24(29)31/h3-4,6-9,15H,2,5,10-14,16-17H2,1H3,(H,26,30). The summed E-state index contributed by atoms with van der Waals surface area (Å²) < 4.78 is 0.984. The van der Waals surface area contributed by atoms with Gasteiger partial charge < -0.3 is 15.1 Å². The van der Waals surface area contributed by atoms with Crippen molar-refractivity contribution in [3.05, 3.63) is 58.1 Å². The van der Waals surface area contributed by atoms with Crippen LogP contribution in [0.25, 0.3) is 0 Å². The largest absolute Gasteiger partial charge is 0.325 e. The van der Waals surface area contributed by atoms with Gasteiger partial charge in [-0.15, -0.1) is 0 Å². The lowest BCUT2D eigenvalue weighted by molar-refractivity contribution is -0.121. The number of fused-ring (bicyclic) bond motifs is 1. The summed E-state index contributed by atoms with van der Waals surface area (Å²) in [5.74, 6) is -0.198. The zero-order valence-corrected chi connectivity index (χ0v) is 19.5. The Morgan fingerprint density at radius 1 is 1.00 bits per heavy atom. The number of hydrogen-bond donors (Lipinski definition) is 1. The van der Waals surface area contributed by atoms with E-state index in [1.807, 2.05) is 30.3 Å². The van der Waals surface area contributed by atoms with E-state index in [2.05, 4.69) is 50.1 Å². The van der Waals surface area contributed by atoms with Crippen molar-refractivity contribution in [1.82, 2.24) is 9.80 Å². The highest BCUT2D eigenvalue weighted by Gasteiger charge is 2.26. The van der Waals surface area contributed by atoms with Crippen molar-refractivity contribution in [1.29, 1.82) is 0 Å². The van der Waals surface area contributed by atoms with Crippen molar-refractivity contribution in [2.24, 2.45) is 0 Å². The second-order valence-electron chi connectivity index (χ2n) is 8.21. The Bertz CT molecular complexity index is 939. The van der Waals surface area contributed by atoms with Crippen LogP contribution >= 0.6 is 15.9 Å². The molecule has 0 atom stereocenters. The smallest absolute Gasteiger partial charge is 0.244 e. The van der Waals surface area contributed by atoms with Gasteiger partial charge in [-0.05, 0) is 54.4 Å². The SMILES string of the molecule is CCN1CCN(Cc2ccc(NC(=O)CN3C(=O)CCc4cc(Br)ccc43)cc2)CC1. The third kappa shape index (κ3) is 5.53. The number of benzene rings is 2. The van der Waals surface area contributed by atoms with E-state index in [1.54, 1.807) is 4.90 Å². The summed E-state index contributed by atoms with van der Waals surface area (Å²) >= 11 is 3.48. The number of hydrogen-bond acceptors (Lipinski definition) is 4. The van der Waals surface area contributed by atoms with E-state index < -0.39 is 0 Å². The van der Waals surface area contributed by atoms with Gasteiger partial charge in [0.1, 0.15) is 6.54 Å². The van der Waals surface area contributed by atoms with Gasteiger partial charge in [0.25, 0.3) is 0 Å². The molecule has 0 spiro atoms. The summed E-state index contributed by atoms with van der Waals surface area (Å²) in [6.07, 6.45) is 1.14. The fourth-order valence-electron chi connectivity index (χ4n) is 4.26. The van der Waals surface area contributed by atoms with E-state index >= 15 is 0 Å². The lowest BCUT2D eigenvalue weighted by Gasteiger charge is -2.34. The molecule has 2 aromatic rings. The average Bonchev–Trinajstić information content (AvgIpc) is 2.77. The van der Waals surface area contributed by atoms with Crippen LogP contribution in [0.2, 0.25) is 0 Å². The first-order valence-corrected chi connectivity index (χ1v) is 11.7. The number of aryl methyl sites for hydroxylation is 1. The molecule has 0 aliphatic carbocycles. The molecule has 0 radical (unpaired) electrons. The summed E-state index contributed by atoms with van der Waals surface area (Å²) in [7, 11) is 0. The molecular weight excluding hydrogens is 456 g/mol. The van der Waals surface area contributed by atoms with Crippen molar-refractivity contribution in [3.8, 4) is 0 Å². The first kappa shape index (κ1) is 22.0. The number of anilines is 2. The molecule has 7 heteroatoms. The molecule has 1 fully saturated rings. The molecule has 0 unspecified atom stereocenters. The second-order valence-corrected chi connectivity index (χ2v) is 9.12. The predicted molar refractivity (Wildman–Crippen MR) is 127 cm³/mol. The quantitative estimate of drug-likeness (QED) is 0.681. The Labute approximate surface area is 192 Å². The van der Waals surface area contributed by atoms with E-state index in [-0.39, 0.29) is 18.4 Å². The molecule has 6 nitrogen and oxygen atoms in total. The molecule has 31 heavy (non-hydrogen) atoms. The van der Waals surface area contributed by atoms with E-state index in [9.17, 15) is 9.59 Å². The fourth-order valence-corrected chi connectivity index (χ4v) is 4.67. The molecule has 2 heterocycles. The van der Waals surface area contributed by atoms with Crippen molar-refractivity contribution in [2.75, 3.05) is 49.5 Å². The third-order valence-corrected chi connectivity index (χ3v) is 6.59. The Morgan fingerprint density at radius 2 is 1.71 bits per heavy atom. The first-order chi connectivity index (χ1) is 15.0. The summed E-state index contributed by atoms with van der Waals surface area (Å²) in [5, 5.41) is 2.93. The molecule has 0 bridgehead atoms. The van der Waals surface area contributed by atoms with Crippen LogP contribution in [-0.2, 0) is 22.6 Å². The van der Waals surface area contributed by atoms with Crippen LogP contribution in [-0.4, -0.2) is 60.9 Å². The van der Waals surface area contributed by atoms with Crippen LogP contribution in [0.15, 0.2) is 46.9 Å². The Morgan fingerprint density at radius 3 is 2.42 bits per heavy atom. The van der Waals surface area contributed by atoms with E-state index in [1.165, 1.54) is 5.56 Å². The van der Waals surface area contributed by atoms with Crippen LogP contribution in [0.3, 0.4) is 0 Å². The van der Waals surface area contributed by atoms with E-state index in [0.717, 1.165) is 60.7 Å². The van der Waals surface area contributed by atoms with E-state index in [0.29, 0.717) is 12.8 Å². The number of nitrogens with zero attached hydrogens (tertiary/aromatic N) is 3. The van der Waals surface area contributed by atoms with Crippen LogP contribution in [0.1, 0.15) is 24.5 Å². The van der Waals surface area contributed by atoms with Crippen LogP contribution < -0.4 is 10.2 Å². The molecule has 1 N–H and O–H groups in total. The Balaban J connectivity index is 1.33. The normalized spacial score (nSPS) is 17.5. The molecule has 2 aliphatic rings. The summed E-state index contributed by atoms with van der Waals surface area (Å²) in [4.78, 5) is 31.6. The number of rotatable bonds is 6. The first-order valence-electron chi connectivity index (χ1n) is 10.9. The third-order valence-electron chi connectivity index (χ3n) is 6.10. The number of halogens is 1. The minimum atomic E-state index is -0.187. The number of nitrogens with one attached hydrogen (secondary N) is 1. The van der Waals surface area contributed by atoms with Crippen molar-refractivity contribution in [3.63, 3.8) is 0 Å². The van der Waals surface area contributed by atoms with Gasteiger partial charge in [-0.3, -0.25) is 14.5 Å². The molecule has 0 saturated carbocycles. The van der Waals surface area contributed by atoms with Gasteiger partial charge in [0, 0.05) is 55.0 Å². The molecule has 0 aromatic heterocycles. The maximum absolute atomic E-state index is 12.6. The minimum Gasteiger partial charge on any atom is -0.325 e. The molecule has 2 amide bonds. The molecule has 2 aliphatic heterocycles. The maximum atomic E-state index is 12.6. The maximum Gasteiger partial charge on any atom is 0.244 e. The number of carbonyl (C=O) groups is 2. The molecule has 1 saturated heterocycles. The minimum absolute atomic E-state index is 0.0107. The predicted octanol–water partition coefficient (Wildman–Crippen LogP) is 3.50. The van der Waals surface area contributed by atoms with E-state index in [4.69, 9.17) is 0 Å². The highest BCUT2D eigenvalue weighted by molar-refractivity contribution is 9.10.